The first-order chi connectivity index (χ1) is 11.2. The van der Waals surface area contributed by atoms with Crippen LogP contribution in [0.15, 0.2) is 24.3 Å². The fourth-order valence-corrected chi connectivity index (χ4v) is 1.74. The zero-order valence-corrected chi connectivity index (χ0v) is 14.1. The van der Waals surface area contributed by atoms with Gasteiger partial charge in [-0.3, -0.25) is 19.2 Å². The van der Waals surface area contributed by atoms with Crippen molar-refractivity contribution in [3.05, 3.63) is 35.4 Å². The second-order valence-corrected chi connectivity index (χ2v) is 5.96. The van der Waals surface area contributed by atoms with Crippen molar-refractivity contribution in [3.63, 3.8) is 0 Å². The first-order valence-corrected chi connectivity index (χ1v) is 7.74. The Hall–Kier alpha value is -2.20. The molecule has 1 rings (SSSR count). The minimum Gasteiger partial charge on any atom is -0.480 e. The molecule has 0 fully saturated rings. The summed E-state index contributed by atoms with van der Waals surface area (Å²) in [6, 6.07) is 5.71. The van der Waals surface area contributed by atoms with Gasteiger partial charge in [-0.15, -0.1) is 0 Å². The molecule has 130 valence electrons. The van der Waals surface area contributed by atoms with Crippen molar-refractivity contribution in [2.24, 2.45) is 0 Å². The number of carbonyl (C=O) groups is 4. The average Bonchev–Trinajstić information content (AvgIpc) is 2.56. The van der Waals surface area contributed by atoms with Gasteiger partial charge in [-0.25, -0.2) is 0 Å². The molecule has 0 bridgehead atoms. The quantitative estimate of drug-likeness (QED) is 0.354. The molecule has 24 heavy (non-hydrogen) atoms. The second kappa shape index (κ2) is 9.18. The van der Waals surface area contributed by atoms with Crippen LogP contribution in [0.3, 0.4) is 0 Å². The molecule has 0 heterocycles. The number of hydrogen-bond acceptors (Lipinski definition) is 6. The number of thiol groups is 2. The van der Waals surface area contributed by atoms with E-state index in [1.54, 1.807) is 0 Å². The summed E-state index contributed by atoms with van der Waals surface area (Å²) in [6.45, 7) is -0.346. The van der Waals surface area contributed by atoms with Crippen molar-refractivity contribution >= 4 is 49.0 Å². The van der Waals surface area contributed by atoms with Gasteiger partial charge in [-0.05, 0) is 18.2 Å². The molecule has 8 nitrogen and oxygen atoms in total. The summed E-state index contributed by atoms with van der Waals surface area (Å²) < 4.78 is 0. The van der Waals surface area contributed by atoms with Gasteiger partial charge in [-0.1, -0.05) is 6.07 Å². The van der Waals surface area contributed by atoms with E-state index in [0.29, 0.717) is 0 Å². The number of nitrogens with one attached hydrogen (secondary N) is 2. The maximum absolute atomic E-state index is 11.9. The molecule has 0 aromatic heterocycles. The smallest absolute Gasteiger partial charge is 0.318 e. The van der Waals surface area contributed by atoms with Crippen LogP contribution in [0.4, 0.5) is 0 Å². The molecule has 0 radical (unpaired) electrons. The Bertz CT molecular complexity index is 601. The number of benzene rings is 1. The van der Waals surface area contributed by atoms with Crippen LogP contribution in [0, 0.1) is 0 Å². The Morgan fingerprint density at radius 2 is 1.25 bits per heavy atom. The van der Waals surface area contributed by atoms with Gasteiger partial charge in [0.05, 0.1) is 0 Å². The van der Waals surface area contributed by atoms with E-state index < -0.39 is 34.3 Å². The fraction of sp³-hybridized carbons (Fsp3) is 0.286. The Morgan fingerprint density at radius 3 is 1.58 bits per heavy atom. The molecule has 0 saturated heterocycles. The summed E-state index contributed by atoms with van der Waals surface area (Å²) in [7, 11) is 0. The summed E-state index contributed by atoms with van der Waals surface area (Å²) in [5, 5.41) is 20.1. The first kappa shape index (κ1) is 19.8. The number of aliphatic carboxylic acids is 2. The van der Waals surface area contributed by atoms with Gasteiger partial charge in [0.2, 0.25) is 0 Å². The third-order valence-electron chi connectivity index (χ3n) is 2.87. The molecule has 2 amide bonds. The number of amides is 2. The van der Waals surface area contributed by atoms with Crippen LogP contribution in [0.5, 0.6) is 0 Å². The third-order valence-corrected chi connectivity index (χ3v) is 3.68. The van der Waals surface area contributed by atoms with E-state index in [0.717, 1.165) is 0 Å². The molecular formula is C14H16N2O6S2. The van der Waals surface area contributed by atoms with Crippen molar-refractivity contribution in [2.75, 3.05) is 13.1 Å². The normalized spacial score (nSPS) is 12.8. The molecule has 4 N–H and O–H groups in total. The predicted octanol–water partition coefficient (Wildman–Crippen LogP) is -0.0878. The Labute approximate surface area is 148 Å². The zero-order valence-electron chi connectivity index (χ0n) is 12.3. The Morgan fingerprint density at radius 1 is 0.875 bits per heavy atom. The van der Waals surface area contributed by atoms with Gasteiger partial charge in [0, 0.05) is 24.2 Å². The molecule has 2 unspecified atom stereocenters. The van der Waals surface area contributed by atoms with Crippen LogP contribution in [-0.4, -0.2) is 57.6 Å². The fourth-order valence-electron chi connectivity index (χ4n) is 1.56. The van der Waals surface area contributed by atoms with Crippen molar-refractivity contribution in [1.29, 1.82) is 0 Å². The molecule has 0 aliphatic rings. The number of carboxylic acid groups (broad SMARTS) is 2. The van der Waals surface area contributed by atoms with E-state index in [-0.39, 0.29) is 24.2 Å². The topological polar surface area (TPSA) is 133 Å². The van der Waals surface area contributed by atoms with Crippen LogP contribution in [-0.2, 0) is 9.59 Å². The van der Waals surface area contributed by atoms with Gasteiger partial charge in [0.15, 0.2) is 0 Å². The average molecular weight is 372 g/mol. The minimum atomic E-state index is -1.16. The summed E-state index contributed by atoms with van der Waals surface area (Å²) in [6.07, 6.45) is 0. The van der Waals surface area contributed by atoms with Crippen molar-refractivity contribution in [1.82, 2.24) is 10.6 Å². The van der Waals surface area contributed by atoms with E-state index in [9.17, 15) is 19.2 Å². The van der Waals surface area contributed by atoms with Gasteiger partial charge in [0.25, 0.3) is 11.8 Å². The van der Waals surface area contributed by atoms with E-state index in [1.165, 1.54) is 24.3 Å². The highest BCUT2D eigenvalue weighted by atomic mass is 32.1. The zero-order chi connectivity index (χ0) is 18.3. The lowest BCUT2D eigenvalue weighted by atomic mass is 10.1. The summed E-state index contributed by atoms with van der Waals surface area (Å²) in [5.41, 5.74) is 0.323. The molecule has 2 atom stereocenters. The number of rotatable bonds is 8. The highest BCUT2D eigenvalue weighted by Gasteiger charge is 2.16. The lowest BCUT2D eigenvalue weighted by Gasteiger charge is -2.10. The van der Waals surface area contributed by atoms with E-state index in [2.05, 4.69) is 35.9 Å². The van der Waals surface area contributed by atoms with Crippen LogP contribution in [0.2, 0.25) is 0 Å². The van der Waals surface area contributed by atoms with E-state index >= 15 is 0 Å². The van der Waals surface area contributed by atoms with Crippen molar-refractivity contribution in [3.8, 4) is 0 Å². The van der Waals surface area contributed by atoms with Gasteiger partial charge >= 0.3 is 11.9 Å². The second-order valence-electron chi connectivity index (χ2n) is 4.71. The molecule has 0 spiro atoms. The summed E-state index contributed by atoms with van der Waals surface area (Å²) >= 11 is 7.59. The van der Waals surface area contributed by atoms with Crippen molar-refractivity contribution < 1.29 is 29.4 Å². The largest absolute Gasteiger partial charge is 0.480 e. The summed E-state index contributed by atoms with van der Waals surface area (Å²) in [5.74, 6) is -3.43. The SMILES string of the molecule is O=C(NCC(S)C(=O)O)c1cccc(C(=O)NCC(S)C(=O)O)c1. The number of carbonyl (C=O) groups excluding carboxylic acids is 2. The minimum absolute atomic E-state index is 0.161. The van der Waals surface area contributed by atoms with E-state index in [4.69, 9.17) is 10.2 Å². The molecule has 1 aromatic carbocycles. The third kappa shape index (κ3) is 6.13. The molecule has 0 saturated carbocycles. The highest BCUT2D eigenvalue weighted by Crippen LogP contribution is 2.06. The molecule has 10 heteroatoms. The molecule has 1 aromatic rings. The van der Waals surface area contributed by atoms with Gasteiger partial charge in [0.1, 0.15) is 10.5 Å². The van der Waals surface area contributed by atoms with Crippen molar-refractivity contribution in [2.45, 2.75) is 10.5 Å². The van der Waals surface area contributed by atoms with Crippen LogP contribution in [0.25, 0.3) is 0 Å². The molecular weight excluding hydrogens is 356 g/mol. The van der Waals surface area contributed by atoms with Crippen LogP contribution >= 0.6 is 25.3 Å². The number of hydrogen-bond donors (Lipinski definition) is 6. The molecule has 0 aliphatic carbocycles. The first-order valence-electron chi connectivity index (χ1n) is 6.70. The van der Waals surface area contributed by atoms with Crippen LogP contribution < -0.4 is 10.6 Å². The van der Waals surface area contributed by atoms with E-state index in [1.807, 2.05) is 0 Å². The lowest BCUT2D eigenvalue weighted by Crippen LogP contribution is -2.34. The maximum Gasteiger partial charge on any atom is 0.318 e. The lowest BCUT2D eigenvalue weighted by molar-refractivity contribution is -0.137. The van der Waals surface area contributed by atoms with Crippen LogP contribution in [0.1, 0.15) is 20.7 Å². The van der Waals surface area contributed by atoms with Gasteiger partial charge < -0.3 is 20.8 Å². The Kier molecular flexibility index (Phi) is 7.59. The standard InChI is InChI=1S/C14H16N2O6S2/c17-11(15-5-9(23)13(19)20)7-2-1-3-8(4-7)12(18)16-6-10(24)14(21)22/h1-4,9-10,23-24H,5-6H2,(H,15,17)(H,16,18)(H,19,20)(H,21,22). The Balaban J connectivity index is 2.68. The van der Waals surface area contributed by atoms with Gasteiger partial charge in [-0.2, -0.15) is 25.3 Å². The monoisotopic (exact) mass is 372 g/mol. The molecule has 0 aliphatic heterocycles. The predicted molar refractivity (Wildman–Crippen MR) is 91.9 cm³/mol. The maximum atomic E-state index is 11.9. The summed E-state index contributed by atoms with van der Waals surface area (Å²) in [4.78, 5) is 45.2. The highest BCUT2D eigenvalue weighted by molar-refractivity contribution is 7.82. The number of carboxylic acids is 2.